The Balaban J connectivity index is 1.77. The number of nitrogens with zero attached hydrogens (tertiary/aromatic N) is 3. The van der Waals surface area contributed by atoms with Gasteiger partial charge in [0, 0.05) is 16.0 Å². The van der Waals surface area contributed by atoms with Crippen molar-refractivity contribution in [2.24, 2.45) is 10.9 Å². The molecule has 1 aromatic rings. The molecule has 15 heteroatoms. The van der Waals surface area contributed by atoms with E-state index in [0.29, 0.717) is 10.7 Å². The number of amides is 2. The first-order valence-corrected chi connectivity index (χ1v) is 11.3. The lowest BCUT2D eigenvalue weighted by Crippen LogP contribution is -2.71. The van der Waals surface area contributed by atoms with Crippen LogP contribution in [0.2, 0.25) is 0 Å². The third-order valence-electron chi connectivity index (χ3n) is 4.04. The van der Waals surface area contributed by atoms with E-state index >= 15 is 0 Å². The molecule has 1 saturated heterocycles. The Hall–Kier alpha value is -3.04. The number of carboxylic acids is 1. The fraction of sp³-hybridized carbons (Fsp3) is 0.250. The van der Waals surface area contributed by atoms with Gasteiger partial charge in [0.1, 0.15) is 35.8 Å². The first-order chi connectivity index (χ1) is 14.7. The maximum atomic E-state index is 12.7. The second-order valence-corrected chi connectivity index (χ2v) is 9.00. The van der Waals surface area contributed by atoms with Gasteiger partial charge in [-0.2, -0.15) is 0 Å². The van der Waals surface area contributed by atoms with E-state index in [2.05, 4.69) is 15.5 Å². The normalized spacial score (nSPS) is 21.0. The molecule has 3 heterocycles. The monoisotopic (exact) mass is 483 g/mol. The minimum Gasteiger partial charge on any atom is -0.477 e. The number of aliphatic carboxylic acids is 1. The molecule has 0 spiro atoms. The fourth-order valence-corrected chi connectivity index (χ4v) is 5.67. The van der Waals surface area contributed by atoms with Crippen LogP contribution < -0.4 is 16.8 Å². The minimum absolute atomic E-state index is 0.151. The van der Waals surface area contributed by atoms with Crippen molar-refractivity contribution in [3.05, 3.63) is 33.2 Å². The van der Waals surface area contributed by atoms with Crippen LogP contribution in [0.1, 0.15) is 5.69 Å². The number of aromatic nitrogens is 1. The zero-order chi connectivity index (χ0) is 22.7. The van der Waals surface area contributed by atoms with Gasteiger partial charge in [0.15, 0.2) is 10.8 Å². The molecule has 0 aromatic carbocycles. The predicted molar refractivity (Wildman–Crippen MR) is 118 cm³/mol. The topological polar surface area (TPSA) is 197 Å². The van der Waals surface area contributed by atoms with E-state index < -0.39 is 29.2 Å². The molecule has 2 amide bonds. The molecule has 0 saturated carbocycles. The summed E-state index contributed by atoms with van der Waals surface area (Å²) >= 11 is 3.49. The predicted octanol–water partition coefficient (Wildman–Crippen LogP) is -0.0452. The van der Waals surface area contributed by atoms with Crippen molar-refractivity contribution in [3.8, 4) is 0 Å². The molecule has 2 atom stereocenters. The Morgan fingerprint density at radius 2 is 2.29 bits per heavy atom. The molecule has 0 bridgehead atoms. The third-order valence-corrected chi connectivity index (χ3v) is 7.07. The third kappa shape index (κ3) is 4.67. The summed E-state index contributed by atoms with van der Waals surface area (Å²) < 4.78 is 0. The number of carbonyl (C=O) groups excluding carboxylic acids is 2. The summed E-state index contributed by atoms with van der Waals surface area (Å²) in [5.74, 6) is -2.40. The highest BCUT2D eigenvalue weighted by molar-refractivity contribution is 8.08. The summed E-state index contributed by atoms with van der Waals surface area (Å²) in [7, 11) is 1.26. The average Bonchev–Trinajstić information content (AvgIpc) is 3.14. The van der Waals surface area contributed by atoms with Gasteiger partial charge in [-0.1, -0.05) is 16.9 Å². The molecular weight excluding hydrogens is 466 g/mol. The Morgan fingerprint density at radius 3 is 2.87 bits per heavy atom. The van der Waals surface area contributed by atoms with Gasteiger partial charge in [-0.3, -0.25) is 19.9 Å². The number of β-lactam (4-membered cyclic amide) rings is 1. The van der Waals surface area contributed by atoms with Crippen molar-refractivity contribution < 1.29 is 24.3 Å². The highest BCUT2D eigenvalue weighted by Crippen LogP contribution is 2.43. The van der Waals surface area contributed by atoms with E-state index in [0.717, 1.165) is 28.0 Å². The smallest absolute Gasteiger partial charge is 0.353 e. The standard InChI is InChI=1S/C16H17N7O5S3/c1-28-22-9(6-4-31-16(19)20-6)12(24)21-10-13(25)23-11(15(26)27)7(5-30-14(10)23)29-3-2-8(17)18/h2-4,10,14H,5H2,1H3,(H3,17,18)(H2,19,20)(H,21,24)(H,26,27)/b3-2+,22-9-/t10?,14-/m1/s1. The zero-order valence-electron chi connectivity index (χ0n) is 15.9. The molecule has 0 radical (unpaired) electrons. The van der Waals surface area contributed by atoms with E-state index in [1.54, 1.807) is 0 Å². The lowest BCUT2D eigenvalue weighted by Gasteiger charge is -2.49. The van der Waals surface area contributed by atoms with Crippen molar-refractivity contribution in [3.63, 3.8) is 0 Å². The lowest BCUT2D eigenvalue weighted by molar-refractivity contribution is -0.150. The van der Waals surface area contributed by atoms with Crippen LogP contribution in [0.25, 0.3) is 0 Å². The van der Waals surface area contributed by atoms with Crippen molar-refractivity contribution >= 4 is 69.3 Å². The molecular formula is C16H17N7O5S3. The van der Waals surface area contributed by atoms with Crippen LogP contribution in [0.4, 0.5) is 5.13 Å². The van der Waals surface area contributed by atoms with Gasteiger partial charge in [-0.25, -0.2) is 9.78 Å². The van der Waals surface area contributed by atoms with Crippen LogP contribution in [-0.2, 0) is 19.2 Å². The van der Waals surface area contributed by atoms with Crippen LogP contribution in [-0.4, -0.2) is 68.6 Å². The summed E-state index contributed by atoms with van der Waals surface area (Å²) in [6.45, 7) is 0. The average molecular weight is 484 g/mol. The Labute approximate surface area is 188 Å². The number of oxime groups is 1. The molecule has 1 fully saturated rings. The molecule has 31 heavy (non-hydrogen) atoms. The number of carboxylic acid groups (broad SMARTS) is 1. The van der Waals surface area contributed by atoms with E-state index in [4.69, 9.17) is 21.7 Å². The number of hydrogen-bond donors (Lipinski definition) is 5. The van der Waals surface area contributed by atoms with E-state index in [-0.39, 0.29) is 28.1 Å². The Morgan fingerprint density at radius 1 is 1.55 bits per heavy atom. The maximum absolute atomic E-state index is 12.7. The number of thiazole rings is 1. The maximum Gasteiger partial charge on any atom is 0.353 e. The number of fused-ring (bicyclic) bond motifs is 1. The first-order valence-electron chi connectivity index (χ1n) is 8.46. The molecule has 1 unspecified atom stereocenters. The van der Waals surface area contributed by atoms with Gasteiger partial charge in [0.05, 0.1) is 0 Å². The zero-order valence-corrected chi connectivity index (χ0v) is 18.3. The van der Waals surface area contributed by atoms with Crippen LogP contribution in [0, 0.1) is 5.41 Å². The Bertz CT molecular complexity index is 1030. The van der Waals surface area contributed by atoms with Crippen LogP contribution >= 0.6 is 34.9 Å². The molecule has 3 rings (SSSR count). The van der Waals surface area contributed by atoms with Crippen LogP contribution in [0.15, 0.2) is 32.6 Å². The molecule has 164 valence electrons. The van der Waals surface area contributed by atoms with Gasteiger partial charge < -0.3 is 26.7 Å². The number of nitrogens with one attached hydrogen (secondary N) is 2. The second-order valence-electron chi connectivity index (χ2n) is 6.01. The van der Waals surface area contributed by atoms with Gasteiger partial charge in [0.2, 0.25) is 0 Å². The number of hydrogen-bond acceptors (Lipinski definition) is 11. The Kier molecular flexibility index (Phi) is 6.87. The molecule has 12 nitrogen and oxygen atoms in total. The van der Waals surface area contributed by atoms with Crippen LogP contribution in [0.5, 0.6) is 0 Å². The number of thioether (sulfide) groups is 2. The van der Waals surface area contributed by atoms with Gasteiger partial charge >= 0.3 is 5.97 Å². The van der Waals surface area contributed by atoms with Crippen molar-refractivity contribution in [1.82, 2.24) is 15.2 Å². The second kappa shape index (κ2) is 9.40. The molecule has 2 aliphatic rings. The number of anilines is 1. The van der Waals surface area contributed by atoms with E-state index in [1.807, 2.05) is 0 Å². The highest BCUT2D eigenvalue weighted by atomic mass is 32.2. The van der Waals surface area contributed by atoms with Crippen LogP contribution in [0.3, 0.4) is 0 Å². The SMILES string of the molecule is CO/N=C(\C(=O)NC1C(=O)N2C(C(=O)O)=C(S/C=C/C(=N)N)CS[C@H]12)c1csc(N)n1. The van der Waals surface area contributed by atoms with E-state index in [1.165, 1.54) is 35.7 Å². The molecule has 1 aromatic heterocycles. The quantitative estimate of drug-likeness (QED) is 0.145. The van der Waals surface area contributed by atoms with Crippen molar-refractivity contribution in [1.29, 1.82) is 5.41 Å². The van der Waals surface area contributed by atoms with Crippen molar-refractivity contribution in [2.75, 3.05) is 18.6 Å². The van der Waals surface area contributed by atoms with Gasteiger partial charge in [-0.15, -0.1) is 23.1 Å². The summed E-state index contributed by atoms with van der Waals surface area (Å²) in [6, 6.07) is -0.941. The van der Waals surface area contributed by atoms with Crippen molar-refractivity contribution in [2.45, 2.75) is 11.4 Å². The van der Waals surface area contributed by atoms with E-state index in [9.17, 15) is 19.5 Å². The summed E-state index contributed by atoms with van der Waals surface area (Å²) in [6.07, 6.45) is 1.32. The number of nitrogen functional groups attached to an aromatic ring is 1. The number of nitrogens with two attached hydrogens (primary N) is 2. The largest absolute Gasteiger partial charge is 0.477 e. The molecule has 0 aliphatic carbocycles. The first kappa shape index (κ1) is 22.6. The molecule has 2 aliphatic heterocycles. The van der Waals surface area contributed by atoms with Gasteiger partial charge in [-0.05, 0) is 11.5 Å². The molecule has 7 N–H and O–H groups in total. The van der Waals surface area contributed by atoms with Gasteiger partial charge in [0.25, 0.3) is 11.8 Å². The lowest BCUT2D eigenvalue weighted by atomic mass is 10.0. The summed E-state index contributed by atoms with van der Waals surface area (Å²) in [5.41, 5.74) is 10.7. The summed E-state index contributed by atoms with van der Waals surface area (Å²) in [5, 5.41) is 25.7. The highest BCUT2D eigenvalue weighted by Gasteiger charge is 2.54. The summed E-state index contributed by atoms with van der Waals surface area (Å²) in [4.78, 5) is 47.5. The minimum atomic E-state index is -1.26. The fourth-order valence-electron chi connectivity index (χ4n) is 2.77. The number of rotatable bonds is 8. The number of carbonyl (C=O) groups is 3. The number of amidine groups is 1.